The molecule has 1 aliphatic rings. The summed E-state index contributed by atoms with van der Waals surface area (Å²) in [4.78, 5) is 16.9. The van der Waals surface area contributed by atoms with E-state index in [4.69, 9.17) is 25.8 Å². The number of halogens is 1. The van der Waals surface area contributed by atoms with Crippen LogP contribution in [0, 0.1) is 6.92 Å². The van der Waals surface area contributed by atoms with Gasteiger partial charge in [0, 0.05) is 36.8 Å². The minimum absolute atomic E-state index is 0.0351. The van der Waals surface area contributed by atoms with Gasteiger partial charge >= 0.3 is 0 Å². The third-order valence-corrected chi connectivity index (χ3v) is 6.46. The second-order valence-corrected chi connectivity index (χ2v) is 8.74. The minimum atomic E-state index is -0.581. The maximum Gasteiger partial charge on any atom is 0.263 e. The largest absolute Gasteiger partial charge is 0.493 e. The standard InChI is InChI=1S/C26H29ClN4O4/c1-17-15-20(6-7-21(17)27)35-18(2)26(32)31-13-11-30(12-14-31)25-10-8-22(28-29-25)19-5-9-23(33-3)24(16-19)34-4/h5-10,15-16,18H,11-14H2,1-4H3. The Balaban J connectivity index is 1.34. The summed E-state index contributed by atoms with van der Waals surface area (Å²) in [6.45, 7) is 6.20. The Labute approximate surface area is 210 Å². The van der Waals surface area contributed by atoms with Crippen molar-refractivity contribution in [1.82, 2.24) is 15.1 Å². The van der Waals surface area contributed by atoms with Gasteiger partial charge in [-0.3, -0.25) is 4.79 Å². The molecule has 2 aromatic carbocycles. The van der Waals surface area contributed by atoms with Gasteiger partial charge in [0.2, 0.25) is 0 Å². The molecule has 1 atom stereocenters. The molecule has 35 heavy (non-hydrogen) atoms. The van der Waals surface area contributed by atoms with Crippen LogP contribution in [0.5, 0.6) is 17.2 Å². The van der Waals surface area contributed by atoms with E-state index in [-0.39, 0.29) is 5.91 Å². The van der Waals surface area contributed by atoms with Crippen molar-refractivity contribution in [3.63, 3.8) is 0 Å². The number of aryl methyl sites for hydroxylation is 1. The highest BCUT2D eigenvalue weighted by Gasteiger charge is 2.27. The number of anilines is 1. The Bertz CT molecular complexity index is 1180. The van der Waals surface area contributed by atoms with Crippen LogP contribution in [0.15, 0.2) is 48.5 Å². The van der Waals surface area contributed by atoms with Crippen molar-refractivity contribution in [2.24, 2.45) is 0 Å². The van der Waals surface area contributed by atoms with Gasteiger partial charge in [-0.2, -0.15) is 0 Å². The monoisotopic (exact) mass is 496 g/mol. The molecular weight excluding hydrogens is 468 g/mol. The van der Waals surface area contributed by atoms with Crippen molar-refractivity contribution in [1.29, 1.82) is 0 Å². The third-order valence-electron chi connectivity index (χ3n) is 6.04. The van der Waals surface area contributed by atoms with Gasteiger partial charge in [0.15, 0.2) is 23.4 Å². The fourth-order valence-electron chi connectivity index (χ4n) is 4.00. The van der Waals surface area contributed by atoms with Crippen molar-refractivity contribution in [3.05, 3.63) is 59.1 Å². The number of rotatable bonds is 7. The highest BCUT2D eigenvalue weighted by atomic mass is 35.5. The summed E-state index contributed by atoms with van der Waals surface area (Å²) in [6.07, 6.45) is -0.581. The molecule has 1 aliphatic heterocycles. The SMILES string of the molecule is COc1ccc(-c2ccc(N3CCN(C(=O)C(C)Oc4ccc(Cl)c(C)c4)CC3)nn2)cc1OC. The van der Waals surface area contributed by atoms with Gasteiger partial charge in [0.1, 0.15) is 5.75 Å². The molecule has 0 bridgehead atoms. The zero-order valence-electron chi connectivity index (χ0n) is 20.3. The zero-order valence-corrected chi connectivity index (χ0v) is 21.1. The summed E-state index contributed by atoms with van der Waals surface area (Å²) in [6, 6.07) is 14.9. The summed E-state index contributed by atoms with van der Waals surface area (Å²) in [5, 5.41) is 9.49. The lowest BCUT2D eigenvalue weighted by atomic mass is 10.1. The van der Waals surface area contributed by atoms with Crippen molar-refractivity contribution < 1.29 is 19.0 Å². The number of ether oxygens (including phenoxy) is 3. The fourth-order valence-corrected chi connectivity index (χ4v) is 4.12. The van der Waals surface area contributed by atoms with Gasteiger partial charge in [-0.15, -0.1) is 10.2 Å². The van der Waals surface area contributed by atoms with E-state index in [0.29, 0.717) is 48.5 Å². The van der Waals surface area contributed by atoms with Crippen LogP contribution in [0.25, 0.3) is 11.3 Å². The number of aromatic nitrogens is 2. The molecular formula is C26H29ClN4O4. The molecule has 9 heteroatoms. The van der Waals surface area contributed by atoms with Crippen LogP contribution >= 0.6 is 11.6 Å². The van der Waals surface area contributed by atoms with Crippen LogP contribution in [0.2, 0.25) is 5.02 Å². The van der Waals surface area contributed by atoms with E-state index < -0.39 is 6.10 Å². The van der Waals surface area contributed by atoms with Crippen LogP contribution < -0.4 is 19.1 Å². The van der Waals surface area contributed by atoms with Crippen molar-refractivity contribution >= 4 is 23.3 Å². The first-order valence-electron chi connectivity index (χ1n) is 11.4. The zero-order chi connectivity index (χ0) is 24.9. The summed E-state index contributed by atoms with van der Waals surface area (Å²) in [5.41, 5.74) is 2.55. The van der Waals surface area contributed by atoms with Gasteiger partial charge in [-0.1, -0.05) is 11.6 Å². The Morgan fingerprint density at radius 3 is 2.31 bits per heavy atom. The summed E-state index contributed by atoms with van der Waals surface area (Å²) in [5.74, 6) is 2.68. The Kier molecular flexibility index (Phi) is 7.60. The van der Waals surface area contributed by atoms with Crippen LogP contribution in [-0.4, -0.2) is 67.5 Å². The molecule has 0 aliphatic carbocycles. The summed E-state index contributed by atoms with van der Waals surface area (Å²) in [7, 11) is 3.21. The topological polar surface area (TPSA) is 77.0 Å². The number of nitrogens with zero attached hydrogens (tertiary/aromatic N) is 4. The molecule has 0 saturated carbocycles. The van der Waals surface area contributed by atoms with E-state index in [1.54, 1.807) is 33.3 Å². The average Bonchev–Trinajstić information content (AvgIpc) is 2.90. The van der Waals surface area contributed by atoms with E-state index in [1.807, 2.05) is 48.2 Å². The fraction of sp³-hybridized carbons (Fsp3) is 0.346. The Hall–Kier alpha value is -3.52. The number of methoxy groups -OCH3 is 2. The summed E-state index contributed by atoms with van der Waals surface area (Å²) < 4.78 is 16.5. The molecule has 3 aromatic rings. The second-order valence-electron chi connectivity index (χ2n) is 8.33. The predicted octanol–water partition coefficient (Wildman–Crippen LogP) is 4.24. The maximum atomic E-state index is 12.9. The molecule has 0 spiro atoms. The number of benzene rings is 2. The lowest BCUT2D eigenvalue weighted by Gasteiger charge is -2.36. The molecule has 8 nitrogen and oxygen atoms in total. The lowest BCUT2D eigenvalue weighted by Crippen LogP contribution is -2.52. The van der Waals surface area contributed by atoms with Crippen LogP contribution in [0.3, 0.4) is 0 Å². The average molecular weight is 497 g/mol. The van der Waals surface area contributed by atoms with Crippen molar-refractivity contribution in [2.45, 2.75) is 20.0 Å². The Morgan fingerprint density at radius 2 is 1.69 bits per heavy atom. The number of piperazine rings is 1. The van der Waals surface area contributed by atoms with Crippen LogP contribution in [-0.2, 0) is 4.79 Å². The van der Waals surface area contributed by atoms with Gasteiger partial charge in [-0.05, 0) is 67.9 Å². The van der Waals surface area contributed by atoms with E-state index >= 15 is 0 Å². The molecule has 2 heterocycles. The maximum absolute atomic E-state index is 12.9. The molecule has 1 saturated heterocycles. The first kappa shape index (κ1) is 24.6. The van der Waals surface area contributed by atoms with E-state index in [0.717, 1.165) is 22.6 Å². The third kappa shape index (κ3) is 5.59. The molecule has 1 unspecified atom stereocenters. The highest BCUT2D eigenvalue weighted by Crippen LogP contribution is 2.31. The van der Waals surface area contributed by atoms with Gasteiger partial charge in [0.05, 0.1) is 19.9 Å². The van der Waals surface area contributed by atoms with E-state index in [1.165, 1.54) is 0 Å². The number of carbonyl (C=O) groups excluding carboxylic acids is 1. The Morgan fingerprint density at radius 1 is 0.943 bits per heavy atom. The summed E-state index contributed by atoms with van der Waals surface area (Å²) >= 11 is 6.07. The number of hydrogen-bond acceptors (Lipinski definition) is 7. The van der Waals surface area contributed by atoms with Gasteiger partial charge in [0.25, 0.3) is 5.91 Å². The highest BCUT2D eigenvalue weighted by molar-refractivity contribution is 6.31. The molecule has 1 fully saturated rings. The quantitative estimate of drug-likeness (QED) is 0.484. The minimum Gasteiger partial charge on any atom is -0.493 e. The van der Waals surface area contributed by atoms with Gasteiger partial charge < -0.3 is 24.0 Å². The number of carbonyl (C=O) groups is 1. The smallest absolute Gasteiger partial charge is 0.263 e. The molecule has 4 rings (SSSR count). The lowest BCUT2D eigenvalue weighted by molar-refractivity contribution is -0.138. The molecule has 184 valence electrons. The second kappa shape index (κ2) is 10.8. The number of amides is 1. The van der Waals surface area contributed by atoms with Crippen molar-refractivity contribution in [2.75, 3.05) is 45.3 Å². The van der Waals surface area contributed by atoms with Crippen molar-refractivity contribution in [3.8, 4) is 28.5 Å². The van der Waals surface area contributed by atoms with Crippen LogP contribution in [0.1, 0.15) is 12.5 Å². The predicted molar refractivity (Wildman–Crippen MR) is 136 cm³/mol. The molecule has 1 aromatic heterocycles. The first-order valence-corrected chi connectivity index (χ1v) is 11.8. The van der Waals surface area contributed by atoms with Crippen LogP contribution in [0.4, 0.5) is 5.82 Å². The molecule has 0 radical (unpaired) electrons. The van der Waals surface area contributed by atoms with Gasteiger partial charge in [-0.25, -0.2) is 0 Å². The molecule has 1 amide bonds. The molecule has 0 N–H and O–H groups in total. The number of hydrogen-bond donors (Lipinski definition) is 0. The first-order chi connectivity index (χ1) is 16.9. The van der Waals surface area contributed by atoms with E-state index in [9.17, 15) is 4.79 Å². The van der Waals surface area contributed by atoms with E-state index in [2.05, 4.69) is 15.1 Å². The normalized spacial score (nSPS) is 14.4.